The van der Waals surface area contributed by atoms with Crippen molar-refractivity contribution < 1.29 is 13.2 Å². The van der Waals surface area contributed by atoms with Gasteiger partial charge in [0.05, 0.1) is 4.90 Å². The smallest absolute Gasteiger partial charge is 0.240 e. The Morgan fingerprint density at radius 1 is 0.840 bits per heavy atom. The topological polar surface area (TPSA) is 75.3 Å². The molecule has 2 N–H and O–H groups in total. The predicted octanol–water partition coefficient (Wildman–Crippen LogP) is 3.15. The standard InChI is InChI=1S/C19H18N2O3S/c22-19(21-17-8-2-1-3-9-17)12-13-20-25(23,24)18-11-10-15-6-4-5-7-16(15)14-18/h1-11,14,20H,12-13H2,(H,21,22). The van der Waals surface area contributed by atoms with E-state index in [-0.39, 0.29) is 23.8 Å². The highest BCUT2D eigenvalue weighted by Crippen LogP contribution is 2.18. The third-order valence-corrected chi connectivity index (χ3v) is 5.19. The lowest BCUT2D eigenvalue weighted by Gasteiger charge is -2.08. The zero-order valence-corrected chi connectivity index (χ0v) is 14.3. The molecule has 6 heteroatoms. The van der Waals surface area contributed by atoms with E-state index in [2.05, 4.69) is 10.0 Å². The molecule has 0 aliphatic rings. The summed E-state index contributed by atoms with van der Waals surface area (Å²) in [5, 5.41) is 4.55. The van der Waals surface area contributed by atoms with E-state index in [0.29, 0.717) is 5.69 Å². The molecule has 1 amide bonds. The Bertz CT molecular complexity index is 986. The van der Waals surface area contributed by atoms with Crippen molar-refractivity contribution in [2.75, 3.05) is 11.9 Å². The summed E-state index contributed by atoms with van der Waals surface area (Å²) in [7, 11) is -3.65. The molecule has 3 aromatic carbocycles. The van der Waals surface area contributed by atoms with Crippen molar-refractivity contribution in [3.63, 3.8) is 0 Å². The zero-order valence-electron chi connectivity index (χ0n) is 13.5. The van der Waals surface area contributed by atoms with E-state index in [1.54, 1.807) is 30.3 Å². The molecule has 0 heterocycles. The average Bonchev–Trinajstić information content (AvgIpc) is 2.62. The van der Waals surface area contributed by atoms with Gasteiger partial charge in [0.25, 0.3) is 0 Å². The van der Waals surface area contributed by atoms with Crippen LogP contribution in [0.5, 0.6) is 0 Å². The highest BCUT2D eigenvalue weighted by Gasteiger charge is 2.14. The largest absolute Gasteiger partial charge is 0.326 e. The minimum Gasteiger partial charge on any atom is -0.326 e. The monoisotopic (exact) mass is 354 g/mol. The summed E-state index contributed by atoms with van der Waals surface area (Å²) in [6.45, 7) is 0.0355. The van der Waals surface area contributed by atoms with Gasteiger partial charge in [-0.1, -0.05) is 48.5 Å². The molecule has 0 aliphatic carbocycles. The lowest BCUT2D eigenvalue weighted by Crippen LogP contribution is -2.27. The molecule has 0 spiro atoms. The quantitative estimate of drug-likeness (QED) is 0.714. The maximum absolute atomic E-state index is 12.4. The van der Waals surface area contributed by atoms with E-state index in [0.717, 1.165) is 10.8 Å². The third-order valence-electron chi connectivity index (χ3n) is 3.73. The first-order chi connectivity index (χ1) is 12.0. The van der Waals surface area contributed by atoms with Crippen LogP contribution in [0, 0.1) is 0 Å². The lowest BCUT2D eigenvalue weighted by molar-refractivity contribution is -0.116. The molecule has 0 unspecified atom stereocenters. The molecule has 3 aromatic rings. The highest BCUT2D eigenvalue weighted by atomic mass is 32.2. The predicted molar refractivity (Wildman–Crippen MR) is 98.8 cm³/mol. The van der Waals surface area contributed by atoms with Crippen molar-refractivity contribution in [3.05, 3.63) is 72.8 Å². The number of benzene rings is 3. The second-order valence-corrected chi connectivity index (χ2v) is 7.34. The fourth-order valence-corrected chi connectivity index (χ4v) is 3.53. The van der Waals surface area contributed by atoms with Crippen LogP contribution < -0.4 is 10.0 Å². The molecule has 0 atom stereocenters. The van der Waals surface area contributed by atoms with Crippen molar-refractivity contribution in [2.45, 2.75) is 11.3 Å². The third kappa shape index (κ3) is 4.43. The number of hydrogen-bond donors (Lipinski definition) is 2. The van der Waals surface area contributed by atoms with Gasteiger partial charge in [0.15, 0.2) is 0 Å². The summed E-state index contributed by atoms with van der Waals surface area (Å²) in [6.07, 6.45) is 0.0572. The Balaban J connectivity index is 1.60. The SMILES string of the molecule is O=C(CCNS(=O)(=O)c1ccc2ccccc2c1)Nc1ccccc1. The van der Waals surface area contributed by atoms with Crippen LogP contribution in [0.15, 0.2) is 77.7 Å². The van der Waals surface area contributed by atoms with Gasteiger partial charge in [-0.05, 0) is 35.0 Å². The van der Waals surface area contributed by atoms with Crippen molar-refractivity contribution in [2.24, 2.45) is 0 Å². The summed E-state index contributed by atoms with van der Waals surface area (Å²) in [4.78, 5) is 12.1. The molecule has 3 rings (SSSR count). The summed E-state index contributed by atoms with van der Waals surface area (Å²) in [5.41, 5.74) is 0.685. The van der Waals surface area contributed by atoms with Crippen LogP contribution in [-0.4, -0.2) is 20.9 Å². The first kappa shape index (κ1) is 17.1. The molecule has 0 radical (unpaired) electrons. The summed E-state index contributed by atoms with van der Waals surface area (Å²) < 4.78 is 27.2. The van der Waals surface area contributed by atoms with Crippen molar-refractivity contribution in [1.82, 2.24) is 4.72 Å². The first-order valence-electron chi connectivity index (χ1n) is 7.88. The van der Waals surface area contributed by atoms with E-state index >= 15 is 0 Å². The molecule has 5 nitrogen and oxygen atoms in total. The maximum Gasteiger partial charge on any atom is 0.240 e. The minimum absolute atomic E-state index is 0.0355. The van der Waals surface area contributed by atoms with Crippen LogP contribution in [0.3, 0.4) is 0 Å². The minimum atomic E-state index is -3.65. The zero-order chi connectivity index (χ0) is 17.7. The van der Waals surface area contributed by atoms with Crippen LogP contribution in [0.25, 0.3) is 10.8 Å². The highest BCUT2D eigenvalue weighted by molar-refractivity contribution is 7.89. The van der Waals surface area contributed by atoms with Crippen LogP contribution >= 0.6 is 0 Å². The van der Waals surface area contributed by atoms with E-state index in [9.17, 15) is 13.2 Å². The number of anilines is 1. The van der Waals surface area contributed by atoms with Crippen LogP contribution in [0.1, 0.15) is 6.42 Å². The van der Waals surface area contributed by atoms with Crippen LogP contribution in [0.2, 0.25) is 0 Å². The number of sulfonamides is 1. The Hall–Kier alpha value is -2.70. The molecule has 0 fully saturated rings. The molecule has 128 valence electrons. The molecule has 0 aliphatic heterocycles. The molecule has 0 saturated heterocycles. The average molecular weight is 354 g/mol. The van der Waals surface area contributed by atoms with E-state index in [1.165, 1.54) is 0 Å². The van der Waals surface area contributed by atoms with Gasteiger partial charge in [-0.2, -0.15) is 0 Å². The number of carbonyl (C=O) groups is 1. The second-order valence-electron chi connectivity index (χ2n) is 5.57. The fourth-order valence-electron chi connectivity index (χ4n) is 2.46. The maximum atomic E-state index is 12.4. The molecule has 0 saturated carbocycles. The second kappa shape index (κ2) is 7.46. The molecular formula is C19H18N2O3S. The number of rotatable bonds is 6. The van der Waals surface area contributed by atoms with Gasteiger partial charge in [-0.15, -0.1) is 0 Å². The summed E-state index contributed by atoms with van der Waals surface area (Å²) >= 11 is 0. The Kier molecular flexibility index (Phi) is 5.11. The van der Waals surface area contributed by atoms with Crippen molar-refractivity contribution in [3.8, 4) is 0 Å². The molecule has 0 aromatic heterocycles. The van der Waals surface area contributed by atoms with E-state index in [1.807, 2.05) is 42.5 Å². The Morgan fingerprint density at radius 2 is 1.52 bits per heavy atom. The first-order valence-corrected chi connectivity index (χ1v) is 9.36. The van der Waals surface area contributed by atoms with Gasteiger partial charge in [0.1, 0.15) is 0 Å². The van der Waals surface area contributed by atoms with E-state index in [4.69, 9.17) is 0 Å². The van der Waals surface area contributed by atoms with Crippen LogP contribution in [0.4, 0.5) is 5.69 Å². The molecule has 25 heavy (non-hydrogen) atoms. The van der Waals surface area contributed by atoms with Gasteiger partial charge in [0, 0.05) is 18.7 Å². The van der Waals surface area contributed by atoms with Gasteiger partial charge < -0.3 is 5.32 Å². The Morgan fingerprint density at radius 3 is 2.28 bits per heavy atom. The molecule has 0 bridgehead atoms. The number of para-hydroxylation sites is 1. The fraction of sp³-hybridized carbons (Fsp3) is 0.105. The summed E-state index contributed by atoms with van der Waals surface area (Å²) in [5.74, 6) is -0.243. The van der Waals surface area contributed by atoms with E-state index < -0.39 is 10.0 Å². The molecular weight excluding hydrogens is 336 g/mol. The van der Waals surface area contributed by atoms with Crippen LogP contribution in [-0.2, 0) is 14.8 Å². The normalized spacial score (nSPS) is 11.4. The number of hydrogen-bond acceptors (Lipinski definition) is 3. The lowest BCUT2D eigenvalue weighted by atomic mass is 10.1. The van der Waals surface area contributed by atoms with Crippen molar-refractivity contribution >= 4 is 32.4 Å². The van der Waals surface area contributed by atoms with Gasteiger partial charge in [-0.25, -0.2) is 13.1 Å². The van der Waals surface area contributed by atoms with Crippen molar-refractivity contribution in [1.29, 1.82) is 0 Å². The Labute approximate surface area is 146 Å². The number of carbonyl (C=O) groups excluding carboxylic acids is 1. The number of fused-ring (bicyclic) bond motifs is 1. The van der Waals surface area contributed by atoms with Gasteiger partial charge >= 0.3 is 0 Å². The number of amides is 1. The van der Waals surface area contributed by atoms with Gasteiger partial charge in [0.2, 0.25) is 15.9 Å². The van der Waals surface area contributed by atoms with Gasteiger partial charge in [-0.3, -0.25) is 4.79 Å². The number of nitrogens with one attached hydrogen (secondary N) is 2. The summed E-state index contributed by atoms with van der Waals surface area (Å²) in [6, 6.07) is 21.6.